The Morgan fingerprint density at radius 3 is 2.56 bits per heavy atom. The van der Waals surface area contributed by atoms with E-state index in [4.69, 9.17) is 0 Å². The third-order valence-electron chi connectivity index (χ3n) is 3.69. The van der Waals surface area contributed by atoms with E-state index in [0.717, 1.165) is 18.4 Å². The molecule has 90 valence electrons. The Bertz CT molecular complexity index is 594. The number of carbonyl (C=O) groups excluding carboxylic acids is 1. The molecule has 0 saturated heterocycles. The third kappa shape index (κ3) is 1.97. The minimum Gasteiger partial charge on any atom is -0.294 e. The molecule has 0 amide bonds. The number of benzene rings is 2. The van der Waals surface area contributed by atoms with E-state index in [1.54, 1.807) is 0 Å². The molecule has 1 heteroatoms. The number of hydrogen-bond acceptors (Lipinski definition) is 1. The second-order valence-corrected chi connectivity index (χ2v) is 5.03. The number of Topliss-reactive ketones (excluding diaryl/α,β-unsaturated/α-hetero) is 1. The summed E-state index contributed by atoms with van der Waals surface area (Å²) in [6.07, 6.45) is 2.52. The molecular formula is C17H16O. The fourth-order valence-electron chi connectivity index (χ4n) is 2.66. The van der Waals surface area contributed by atoms with Crippen LogP contribution in [0.5, 0.6) is 0 Å². The predicted octanol–water partition coefficient (Wildman–Crippen LogP) is 3.71. The van der Waals surface area contributed by atoms with E-state index in [2.05, 4.69) is 37.3 Å². The molecule has 3 rings (SSSR count). The van der Waals surface area contributed by atoms with Crippen LogP contribution in [0.1, 0.15) is 39.0 Å². The van der Waals surface area contributed by atoms with Gasteiger partial charge in [-0.2, -0.15) is 0 Å². The Morgan fingerprint density at radius 2 is 1.78 bits per heavy atom. The molecule has 2 aromatic carbocycles. The summed E-state index contributed by atoms with van der Waals surface area (Å²) in [6.45, 7) is 2.10. The first-order valence-electron chi connectivity index (χ1n) is 6.43. The van der Waals surface area contributed by atoms with Gasteiger partial charge in [-0.1, -0.05) is 48.0 Å². The fourth-order valence-corrected chi connectivity index (χ4v) is 2.66. The maximum atomic E-state index is 11.7. The van der Waals surface area contributed by atoms with Crippen LogP contribution >= 0.6 is 0 Å². The van der Waals surface area contributed by atoms with Gasteiger partial charge in [-0.05, 0) is 36.5 Å². The quantitative estimate of drug-likeness (QED) is 0.776. The number of hydrogen-bond donors (Lipinski definition) is 0. The average Bonchev–Trinajstić information content (AvgIpc) is 2.76. The van der Waals surface area contributed by atoms with Gasteiger partial charge in [-0.25, -0.2) is 0 Å². The van der Waals surface area contributed by atoms with Crippen LogP contribution in [0.3, 0.4) is 0 Å². The zero-order valence-electron chi connectivity index (χ0n) is 10.6. The van der Waals surface area contributed by atoms with E-state index in [9.17, 15) is 4.79 Å². The molecule has 0 heterocycles. The van der Waals surface area contributed by atoms with Crippen molar-refractivity contribution in [3.63, 3.8) is 0 Å². The van der Waals surface area contributed by atoms with Gasteiger partial charge in [0.05, 0.1) is 0 Å². The van der Waals surface area contributed by atoms with Gasteiger partial charge in [0.25, 0.3) is 0 Å². The molecule has 1 aliphatic carbocycles. The van der Waals surface area contributed by atoms with Gasteiger partial charge >= 0.3 is 0 Å². The van der Waals surface area contributed by atoms with Crippen molar-refractivity contribution in [2.75, 3.05) is 0 Å². The molecule has 0 saturated carbocycles. The molecule has 1 nitrogen and oxygen atoms in total. The minimum absolute atomic E-state index is 0.302. The molecule has 18 heavy (non-hydrogen) atoms. The van der Waals surface area contributed by atoms with Crippen LogP contribution in [0, 0.1) is 6.92 Å². The second kappa shape index (κ2) is 4.41. The lowest BCUT2D eigenvalue weighted by molar-refractivity contribution is 0.0994. The summed E-state index contributed by atoms with van der Waals surface area (Å²) in [4.78, 5) is 11.7. The molecule has 0 aliphatic heterocycles. The summed E-state index contributed by atoms with van der Waals surface area (Å²) in [5.74, 6) is 0.302. The summed E-state index contributed by atoms with van der Waals surface area (Å²) in [5, 5.41) is 0. The van der Waals surface area contributed by atoms with Crippen LogP contribution in [-0.4, -0.2) is 5.78 Å². The maximum absolute atomic E-state index is 11.7. The topological polar surface area (TPSA) is 17.1 Å². The van der Waals surface area contributed by atoms with Gasteiger partial charge in [0.1, 0.15) is 0 Å². The fraction of sp³-hybridized carbons (Fsp3) is 0.235. The zero-order valence-corrected chi connectivity index (χ0v) is 10.6. The molecule has 0 unspecified atom stereocenters. The summed E-state index contributed by atoms with van der Waals surface area (Å²) in [5.41, 5.74) is 6.12. The number of ketones is 1. The first-order valence-corrected chi connectivity index (χ1v) is 6.43. The van der Waals surface area contributed by atoms with Crippen molar-refractivity contribution >= 4 is 5.78 Å². The third-order valence-corrected chi connectivity index (χ3v) is 3.69. The number of rotatable bonds is 2. The van der Waals surface area contributed by atoms with Gasteiger partial charge in [0.15, 0.2) is 5.78 Å². The minimum atomic E-state index is 0.302. The molecule has 0 aromatic heterocycles. The highest BCUT2D eigenvalue weighted by atomic mass is 16.1. The molecule has 0 bridgehead atoms. The van der Waals surface area contributed by atoms with Crippen LogP contribution in [-0.2, 0) is 12.8 Å². The normalized spacial score (nSPS) is 13.7. The van der Waals surface area contributed by atoms with Gasteiger partial charge in [0, 0.05) is 12.0 Å². The number of fused-ring (bicyclic) bond motifs is 1. The van der Waals surface area contributed by atoms with Crippen molar-refractivity contribution in [1.29, 1.82) is 0 Å². The smallest absolute Gasteiger partial charge is 0.163 e. The molecule has 0 fully saturated rings. The SMILES string of the molecule is Cc1ccc(Cc2cccc3c2CCC3=O)cc1. The van der Waals surface area contributed by atoms with E-state index >= 15 is 0 Å². The van der Waals surface area contributed by atoms with E-state index in [1.807, 2.05) is 12.1 Å². The van der Waals surface area contributed by atoms with Crippen LogP contribution in [0.25, 0.3) is 0 Å². The second-order valence-electron chi connectivity index (χ2n) is 5.03. The van der Waals surface area contributed by atoms with Crippen LogP contribution in [0.4, 0.5) is 0 Å². The highest BCUT2D eigenvalue weighted by Gasteiger charge is 2.21. The van der Waals surface area contributed by atoms with Crippen molar-refractivity contribution in [2.45, 2.75) is 26.2 Å². The van der Waals surface area contributed by atoms with Gasteiger partial charge in [0.2, 0.25) is 0 Å². The van der Waals surface area contributed by atoms with Gasteiger partial charge in [-0.15, -0.1) is 0 Å². The Kier molecular flexibility index (Phi) is 2.75. The van der Waals surface area contributed by atoms with Crippen molar-refractivity contribution in [2.24, 2.45) is 0 Å². The van der Waals surface area contributed by atoms with Crippen LogP contribution in [0.15, 0.2) is 42.5 Å². The number of aryl methyl sites for hydroxylation is 1. The number of carbonyl (C=O) groups is 1. The van der Waals surface area contributed by atoms with E-state index in [0.29, 0.717) is 12.2 Å². The maximum Gasteiger partial charge on any atom is 0.163 e. The summed E-state index contributed by atoms with van der Waals surface area (Å²) in [6, 6.07) is 14.7. The summed E-state index contributed by atoms with van der Waals surface area (Å²) < 4.78 is 0. The van der Waals surface area contributed by atoms with Crippen LogP contribution < -0.4 is 0 Å². The first-order chi connectivity index (χ1) is 8.74. The van der Waals surface area contributed by atoms with Crippen molar-refractivity contribution in [3.8, 4) is 0 Å². The highest BCUT2D eigenvalue weighted by molar-refractivity contribution is 6.00. The Morgan fingerprint density at radius 1 is 1.00 bits per heavy atom. The molecule has 0 N–H and O–H groups in total. The van der Waals surface area contributed by atoms with E-state index in [-0.39, 0.29) is 0 Å². The zero-order chi connectivity index (χ0) is 12.5. The Labute approximate surface area is 107 Å². The standard InChI is InChI=1S/C17H16O/c1-12-5-7-13(8-6-12)11-14-3-2-4-16-15(14)9-10-17(16)18/h2-8H,9-11H2,1H3. The van der Waals surface area contributed by atoms with Gasteiger partial charge in [-0.3, -0.25) is 4.79 Å². The van der Waals surface area contributed by atoms with Gasteiger partial charge < -0.3 is 0 Å². The average molecular weight is 236 g/mol. The van der Waals surface area contributed by atoms with Crippen LogP contribution in [0.2, 0.25) is 0 Å². The lowest BCUT2D eigenvalue weighted by atomic mass is 9.97. The lowest BCUT2D eigenvalue weighted by Gasteiger charge is -2.08. The van der Waals surface area contributed by atoms with Crippen molar-refractivity contribution < 1.29 is 4.79 Å². The summed E-state index contributed by atoms with van der Waals surface area (Å²) in [7, 11) is 0. The van der Waals surface area contributed by atoms with Crippen molar-refractivity contribution in [3.05, 3.63) is 70.3 Å². The van der Waals surface area contributed by atoms with E-state index < -0.39 is 0 Å². The molecule has 0 atom stereocenters. The largest absolute Gasteiger partial charge is 0.294 e. The Hall–Kier alpha value is -1.89. The predicted molar refractivity (Wildman–Crippen MR) is 73.1 cm³/mol. The molecule has 0 radical (unpaired) electrons. The Balaban J connectivity index is 1.94. The molecule has 0 spiro atoms. The summed E-state index contributed by atoms with van der Waals surface area (Å²) >= 11 is 0. The lowest BCUT2D eigenvalue weighted by Crippen LogP contribution is -1.96. The van der Waals surface area contributed by atoms with E-state index in [1.165, 1.54) is 22.3 Å². The molecule has 2 aromatic rings. The molecule has 1 aliphatic rings. The van der Waals surface area contributed by atoms with Crippen molar-refractivity contribution in [1.82, 2.24) is 0 Å². The highest BCUT2D eigenvalue weighted by Crippen LogP contribution is 2.26. The monoisotopic (exact) mass is 236 g/mol. The molecular weight excluding hydrogens is 220 g/mol. The first kappa shape index (κ1) is 11.2.